The quantitative estimate of drug-likeness (QED) is 0.767. The zero-order valence-corrected chi connectivity index (χ0v) is 13.7. The maximum absolute atomic E-state index is 3.74. The molecule has 0 radical (unpaired) electrons. The average molecular weight is 273 g/mol. The third-order valence-electron chi connectivity index (χ3n) is 3.94. The van der Waals surface area contributed by atoms with E-state index in [-0.39, 0.29) is 0 Å². The van der Waals surface area contributed by atoms with E-state index in [4.69, 9.17) is 0 Å². The normalized spacial score (nSPS) is 27.7. The molecule has 0 bridgehead atoms. The maximum Gasteiger partial charge on any atom is 0.0244 e. The van der Waals surface area contributed by atoms with Gasteiger partial charge in [-0.3, -0.25) is 4.90 Å². The zero-order valence-electron chi connectivity index (χ0n) is 12.9. The van der Waals surface area contributed by atoms with Crippen LogP contribution in [0.4, 0.5) is 0 Å². The molecule has 3 heteroatoms. The first-order valence-electron chi connectivity index (χ1n) is 7.54. The molecule has 1 saturated heterocycles. The topological polar surface area (TPSA) is 15.3 Å². The van der Waals surface area contributed by atoms with Gasteiger partial charge >= 0.3 is 0 Å². The Morgan fingerprint density at radius 3 is 2.61 bits per heavy atom. The predicted molar refractivity (Wildman–Crippen MR) is 84.4 cm³/mol. The molecule has 0 aliphatic carbocycles. The molecule has 108 valence electrons. The number of nitrogens with zero attached hydrogens (tertiary/aromatic N) is 1. The minimum atomic E-state index is 0.714. The van der Waals surface area contributed by atoms with Crippen molar-refractivity contribution in [2.75, 3.05) is 31.6 Å². The van der Waals surface area contributed by atoms with Crippen LogP contribution in [0, 0.1) is 11.8 Å². The van der Waals surface area contributed by atoms with Crippen LogP contribution in [0.25, 0.3) is 0 Å². The number of hydrogen-bond acceptors (Lipinski definition) is 3. The van der Waals surface area contributed by atoms with Crippen molar-refractivity contribution < 1.29 is 0 Å². The molecule has 0 saturated carbocycles. The van der Waals surface area contributed by atoms with Crippen LogP contribution in [0.15, 0.2) is 0 Å². The van der Waals surface area contributed by atoms with Gasteiger partial charge in [0.2, 0.25) is 0 Å². The minimum Gasteiger partial charge on any atom is -0.311 e. The predicted octanol–water partition coefficient (Wildman–Crippen LogP) is 3.08. The zero-order chi connectivity index (χ0) is 13.5. The molecule has 1 aliphatic heterocycles. The molecule has 3 atom stereocenters. The summed E-state index contributed by atoms with van der Waals surface area (Å²) in [6.07, 6.45) is 4.82. The second-order valence-electron chi connectivity index (χ2n) is 6.22. The van der Waals surface area contributed by atoms with E-state index in [2.05, 4.69) is 44.2 Å². The third kappa shape index (κ3) is 5.10. The third-order valence-corrected chi connectivity index (χ3v) is 4.85. The number of piperazine rings is 1. The summed E-state index contributed by atoms with van der Waals surface area (Å²) in [5, 5.41) is 3.74. The van der Waals surface area contributed by atoms with E-state index < -0.39 is 0 Å². The smallest absolute Gasteiger partial charge is 0.0244 e. The van der Waals surface area contributed by atoms with E-state index in [1.807, 2.05) is 11.8 Å². The van der Waals surface area contributed by atoms with Crippen molar-refractivity contribution in [2.45, 2.75) is 52.6 Å². The van der Waals surface area contributed by atoms with Gasteiger partial charge in [-0.25, -0.2) is 0 Å². The summed E-state index contributed by atoms with van der Waals surface area (Å²) >= 11 is 1.98. The number of hydrogen-bond donors (Lipinski definition) is 1. The van der Waals surface area contributed by atoms with Crippen molar-refractivity contribution >= 4 is 11.8 Å². The molecule has 1 fully saturated rings. The molecular weight excluding hydrogens is 240 g/mol. The van der Waals surface area contributed by atoms with Crippen LogP contribution in [0.3, 0.4) is 0 Å². The highest BCUT2D eigenvalue weighted by molar-refractivity contribution is 7.98. The van der Waals surface area contributed by atoms with Gasteiger partial charge in [0.05, 0.1) is 0 Å². The van der Waals surface area contributed by atoms with E-state index in [9.17, 15) is 0 Å². The van der Waals surface area contributed by atoms with Gasteiger partial charge in [-0.15, -0.1) is 0 Å². The summed E-state index contributed by atoms with van der Waals surface area (Å²) < 4.78 is 0. The Balaban J connectivity index is 2.54. The van der Waals surface area contributed by atoms with Crippen LogP contribution in [-0.4, -0.2) is 48.6 Å². The van der Waals surface area contributed by atoms with Crippen molar-refractivity contribution in [3.63, 3.8) is 0 Å². The van der Waals surface area contributed by atoms with Crippen LogP contribution < -0.4 is 5.32 Å². The first kappa shape index (κ1) is 16.3. The van der Waals surface area contributed by atoms with Gasteiger partial charge in [-0.2, -0.15) is 11.8 Å². The lowest BCUT2D eigenvalue weighted by atomic mass is 9.96. The Kier molecular flexibility index (Phi) is 7.66. The molecule has 1 N–H and O–H groups in total. The van der Waals surface area contributed by atoms with Gasteiger partial charge in [0.1, 0.15) is 0 Å². The van der Waals surface area contributed by atoms with Crippen LogP contribution in [0.5, 0.6) is 0 Å². The van der Waals surface area contributed by atoms with Crippen LogP contribution >= 0.6 is 11.8 Å². The van der Waals surface area contributed by atoms with Crippen LogP contribution in [-0.2, 0) is 0 Å². The molecule has 0 aromatic rings. The van der Waals surface area contributed by atoms with Crippen molar-refractivity contribution in [1.29, 1.82) is 0 Å². The fraction of sp³-hybridized carbons (Fsp3) is 1.00. The van der Waals surface area contributed by atoms with Gasteiger partial charge in [-0.05, 0) is 30.3 Å². The highest BCUT2D eigenvalue weighted by atomic mass is 32.2. The van der Waals surface area contributed by atoms with Gasteiger partial charge in [0.15, 0.2) is 0 Å². The van der Waals surface area contributed by atoms with Crippen LogP contribution in [0.2, 0.25) is 0 Å². The van der Waals surface area contributed by atoms with Crippen LogP contribution in [0.1, 0.15) is 40.5 Å². The first-order valence-corrected chi connectivity index (χ1v) is 8.94. The molecule has 1 heterocycles. The SMILES string of the molecule is CCCC1CN(CC(C)CSC)C(C(C)C)CN1. The molecule has 18 heavy (non-hydrogen) atoms. The molecule has 0 aromatic carbocycles. The highest BCUT2D eigenvalue weighted by Crippen LogP contribution is 2.19. The van der Waals surface area contributed by atoms with Crippen molar-refractivity contribution in [3.05, 3.63) is 0 Å². The fourth-order valence-electron chi connectivity index (χ4n) is 3.05. The van der Waals surface area contributed by atoms with Gasteiger partial charge < -0.3 is 5.32 Å². The van der Waals surface area contributed by atoms with E-state index in [1.54, 1.807) is 0 Å². The Labute approximate surface area is 118 Å². The van der Waals surface area contributed by atoms with E-state index >= 15 is 0 Å². The summed E-state index contributed by atoms with van der Waals surface area (Å²) in [4.78, 5) is 2.75. The Morgan fingerprint density at radius 1 is 1.33 bits per heavy atom. The number of nitrogens with one attached hydrogen (secondary N) is 1. The lowest BCUT2D eigenvalue weighted by molar-refractivity contribution is 0.0846. The van der Waals surface area contributed by atoms with E-state index in [0.717, 1.165) is 17.9 Å². The Morgan fingerprint density at radius 2 is 2.06 bits per heavy atom. The van der Waals surface area contributed by atoms with Crippen molar-refractivity contribution in [1.82, 2.24) is 10.2 Å². The molecule has 1 rings (SSSR count). The first-order chi connectivity index (χ1) is 8.58. The highest BCUT2D eigenvalue weighted by Gasteiger charge is 2.29. The summed E-state index contributed by atoms with van der Waals surface area (Å²) in [5.74, 6) is 2.84. The summed E-state index contributed by atoms with van der Waals surface area (Å²) in [5.41, 5.74) is 0. The monoisotopic (exact) mass is 272 g/mol. The lowest BCUT2D eigenvalue weighted by Gasteiger charge is -2.43. The van der Waals surface area contributed by atoms with Crippen molar-refractivity contribution in [2.24, 2.45) is 11.8 Å². The largest absolute Gasteiger partial charge is 0.311 e. The molecule has 0 aromatic heterocycles. The molecular formula is C15H32N2S. The van der Waals surface area contributed by atoms with Gasteiger partial charge in [-0.1, -0.05) is 34.1 Å². The Bertz CT molecular complexity index is 219. The molecule has 0 spiro atoms. The van der Waals surface area contributed by atoms with E-state index in [0.29, 0.717) is 6.04 Å². The molecule has 0 amide bonds. The maximum atomic E-state index is 3.74. The minimum absolute atomic E-state index is 0.714. The lowest BCUT2D eigenvalue weighted by Crippen LogP contribution is -2.59. The van der Waals surface area contributed by atoms with Gasteiger partial charge in [0, 0.05) is 31.7 Å². The molecule has 3 unspecified atom stereocenters. The fourth-order valence-corrected chi connectivity index (χ4v) is 3.72. The van der Waals surface area contributed by atoms with E-state index in [1.165, 1.54) is 38.2 Å². The Hall–Kier alpha value is 0.270. The summed E-state index contributed by atoms with van der Waals surface area (Å²) in [7, 11) is 0. The standard InChI is InChI=1S/C15H32N2S/c1-6-7-14-10-17(9-13(4)11-18-5)15(8-16-14)12(2)3/h12-16H,6-11H2,1-5H3. The number of thioether (sulfide) groups is 1. The summed E-state index contributed by atoms with van der Waals surface area (Å²) in [6, 6.07) is 1.44. The second-order valence-corrected chi connectivity index (χ2v) is 7.13. The average Bonchev–Trinajstić information content (AvgIpc) is 2.29. The molecule has 2 nitrogen and oxygen atoms in total. The van der Waals surface area contributed by atoms with Gasteiger partial charge in [0.25, 0.3) is 0 Å². The second kappa shape index (κ2) is 8.44. The number of rotatable bonds is 7. The molecule has 1 aliphatic rings. The summed E-state index contributed by atoms with van der Waals surface area (Å²) in [6.45, 7) is 13.1. The van der Waals surface area contributed by atoms with Crippen molar-refractivity contribution in [3.8, 4) is 0 Å².